The molecule has 0 aliphatic rings. The minimum absolute atomic E-state index is 0.918. The molecule has 0 saturated carbocycles. The molecule has 0 rings (SSSR count). The van der Waals surface area contributed by atoms with Gasteiger partial charge < -0.3 is 0 Å². The van der Waals surface area contributed by atoms with E-state index in [1.165, 1.54) is 83.5 Å². The molecule has 109 valence electrons. The number of hydrogen-bond acceptors (Lipinski definition) is 0. The topological polar surface area (TPSA) is 0 Å². The van der Waals surface area contributed by atoms with Crippen LogP contribution in [0.4, 0.5) is 0 Å². The van der Waals surface area contributed by atoms with Gasteiger partial charge >= 0.3 is 0 Å². The fourth-order valence-electron chi connectivity index (χ4n) is 2.50. The Bertz CT molecular complexity index is 139. The summed E-state index contributed by atoms with van der Waals surface area (Å²) in [7, 11) is 0. The first-order valence-corrected chi connectivity index (χ1v) is 8.62. The van der Waals surface area contributed by atoms with Gasteiger partial charge in [-0.15, -0.1) is 0 Å². The van der Waals surface area contributed by atoms with Crippen LogP contribution in [0.3, 0.4) is 0 Å². The first-order valence-electron chi connectivity index (χ1n) is 8.62. The maximum absolute atomic E-state index is 2.51. The minimum atomic E-state index is 0.918. The number of rotatable bonds is 14. The molecular formula is C18H37. The highest BCUT2D eigenvalue weighted by Gasteiger charge is 2.01. The van der Waals surface area contributed by atoms with E-state index in [0.717, 1.165) is 5.92 Å². The van der Waals surface area contributed by atoms with Crippen molar-refractivity contribution in [1.29, 1.82) is 0 Å². The molecular weight excluding hydrogens is 216 g/mol. The highest BCUT2D eigenvalue weighted by Crippen LogP contribution is 2.17. The minimum Gasteiger partial charge on any atom is -0.0654 e. The summed E-state index contributed by atoms with van der Waals surface area (Å²) in [5.74, 6) is 0.918. The third-order valence-corrected chi connectivity index (χ3v) is 3.88. The molecule has 0 aromatic heterocycles. The number of hydrogen-bond donors (Lipinski definition) is 0. The van der Waals surface area contributed by atoms with Crippen molar-refractivity contribution in [2.24, 2.45) is 5.92 Å². The largest absolute Gasteiger partial charge is 0.0654 e. The molecule has 0 heterocycles. The van der Waals surface area contributed by atoms with Crippen molar-refractivity contribution in [3.63, 3.8) is 0 Å². The van der Waals surface area contributed by atoms with Gasteiger partial charge in [-0.05, 0) is 18.8 Å². The molecule has 18 heavy (non-hydrogen) atoms. The van der Waals surface area contributed by atoms with E-state index in [0.29, 0.717) is 0 Å². The highest BCUT2D eigenvalue weighted by molar-refractivity contribution is 4.68. The third kappa shape index (κ3) is 14.1. The van der Waals surface area contributed by atoms with Crippen LogP contribution in [0, 0.1) is 12.3 Å². The quantitative estimate of drug-likeness (QED) is 0.294. The second kappa shape index (κ2) is 15.1. The van der Waals surface area contributed by atoms with E-state index in [2.05, 4.69) is 27.2 Å². The Morgan fingerprint density at radius 3 is 1.89 bits per heavy atom. The Morgan fingerprint density at radius 1 is 0.722 bits per heavy atom. The lowest BCUT2D eigenvalue weighted by Gasteiger charge is -2.10. The van der Waals surface area contributed by atoms with E-state index in [-0.39, 0.29) is 0 Å². The summed E-state index contributed by atoms with van der Waals surface area (Å²) >= 11 is 0. The zero-order chi connectivity index (χ0) is 13.5. The lowest BCUT2D eigenvalue weighted by molar-refractivity contribution is 0.469. The van der Waals surface area contributed by atoms with E-state index in [1.807, 2.05) is 0 Å². The molecule has 0 aromatic carbocycles. The van der Waals surface area contributed by atoms with Crippen molar-refractivity contribution in [3.05, 3.63) is 6.42 Å². The van der Waals surface area contributed by atoms with Gasteiger partial charge in [-0.2, -0.15) is 0 Å². The van der Waals surface area contributed by atoms with Gasteiger partial charge in [-0.3, -0.25) is 0 Å². The Labute approximate surface area is 117 Å². The first-order chi connectivity index (χ1) is 8.81. The van der Waals surface area contributed by atoms with Crippen LogP contribution in [0.5, 0.6) is 0 Å². The van der Waals surface area contributed by atoms with E-state index in [4.69, 9.17) is 0 Å². The van der Waals surface area contributed by atoms with Crippen LogP contribution in [0.15, 0.2) is 0 Å². The van der Waals surface area contributed by atoms with Gasteiger partial charge in [0.15, 0.2) is 0 Å². The molecule has 1 radical (unpaired) electrons. The summed E-state index contributed by atoms with van der Waals surface area (Å²) in [6.45, 7) is 6.99. The summed E-state index contributed by atoms with van der Waals surface area (Å²) in [6.07, 6.45) is 20.9. The van der Waals surface area contributed by atoms with E-state index in [1.54, 1.807) is 0 Å². The molecule has 0 saturated heterocycles. The molecule has 0 fully saturated rings. The van der Waals surface area contributed by atoms with Crippen molar-refractivity contribution in [1.82, 2.24) is 0 Å². The second-order valence-corrected chi connectivity index (χ2v) is 6.04. The first kappa shape index (κ1) is 18.0. The Kier molecular flexibility index (Phi) is 15.1. The lowest BCUT2D eigenvalue weighted by Crippen LogP contribution is -1.95. The van der Waals surface area contributed by atoms with Gasteiger partial charge in [0.2, 0.25) is 0 Å². The Morgan fingerprint density at radius 2 is 1.28 bits per heavy atom. The summed E-state index contributed by atoms with van der Waals surface area (Å²) < 4.78 is 0. The average molecular weight is 253 g/mol. The van der Waals surface area contributed by atoms with Gasteiger partial charge in [-0.1, -0.05) is 97.8 Å². The molecule has 0 spiro atoms. The van der Waals surface area contributed by atoms with Gasteiger partial charge in [0.1, 0.15) is 0 Å². The van der Waals surface area contributed by atoms with Crippen molar-refractivity contribution in [2.75, 3.05) is 0 Å². The van der Waals surface area contributed by atoms with Crippen LogP contribution in [-0.2, 0) is 0 Å². The predicted octanol–water partition coefficient (Wildman–Crippen LogP) is 6.94. The summed E-state index contributed by atoms with van der Waals surface area (Å²) in [4.78, 5) is 0. The molecule has 0 aliphatic carbocycles. The van der Waals surface area contributed by atoms with Gasteiger partial charge in [0.25, 0.3) is 0 Å². The van der Waals surface area contributed by atoms with E-state index in [9.17, 15) is 0 Å². The molecule has 1 atom stereocenters. The summed E-state index contributed by atoms with van der Waals surface area (Å²) in [5, 5.41) is 0. The second-order valence-electron chi connectivity index (χ2n) is 6.04. The maximum Gasteiger partial charge on any atom is -0.0383 e. The normalized spacial score (nSPS) is 12.8. The van der Waals surface area contributed by atoms with Crippen LogP contribution in [0.1, 0.15) is 104 Å². The fourth-order valence-corrected chi connectivity index (χ4v) is 2.50. The maximum atomic E-state index is 2.51. The predicted molar refractivity (Wildman–Crippen MR) is 84.8 cm³/mol. The molecule has 0 N–H and O–H groups in total. The van der Waals surface area contributed by atoms with Gasteiger partial charge in [0, 0.05) is 0 Å². The van der Waals surface area contributed by atoms with Crippen molar-refractivity contribution in [2.45, 2.75) is 104 Å². The molecule has 0 bridgehead atoms. The zero-order valence-corrected chi connectivity index (χ0v) is 13.3. The van der Waals surface area contributed by atoms with Crippen LogP contribution in [0.25, 0.3) is 0 Å². The number of unbranched alkanes of at least 4 members (excludes halogenated alkanes) is 10. The Hall–Kier alpha value is 0. The van der Waals surface area contributed by atoms with Gasteiger partial charge in [0.05, 0.1) is 0 Å². The fraction of sp³-hybridized carbons (Fsp3) is 0.944. The van der Waals surface area contributed by atoms with E-state index < -0.39 is 0 Å². The smallest absolute Gasteiger partial charge is 0.0383 e. The highest BCUT2D eigenvalue weighted by atomic mass is 14.1. The average Bonchev–Trinajstić information content (AvgIpc) is 2.38. The third-order valence-electron chi connectivity index (χ3n) is 3.88. The molecule has 0 nitrogen and oxygen atoms in total. The van der Waals surface area contributed by atoms with Crippen LogP contribution in [0.2, 0.25) is 0 Å². The molecule has 0 aromatic rings. The molecule has 0 heteroatoms. The van der Waals surface area contributed by atoms with Crippen LogP contribution < -0.4 is 0 Å². The van der Waals surface area contributed by atoms with Crippen molar-refractivity contribution < 1.29 is 0 Å². The Balaban J connectivity index is 3.08. The van der Waals surface area contributed by atoms with E-state index >= 15 is 0 Å². The van der Waals surface area contributed by atoms with Crippen LogP contribution >= 0.6 is 0 Å². The standard InChI is InChI=1S/C18H37/c1-4-6-8-10-11-12-13-15-17-18(3)16-14-9-7-5-2/h14,18H,4-13,15-17H2,1-3H3. The van der Waals surface area contributed by atoms with Gasteiger partial charge in [-0.25, -0.2) is 0 Å². The monoisotopic (exact) mass is 253 g/mol. The summed E-state index contributed by atoms with van der Waals surface area (Å²) in [5.41, 5.74) is 0. The molecule has 0 amide bonds. The zero-order valence-electron chi connectivity index (χ0n) is 13.3. The van der Waals surface area contributed by atoms with Crippen LogP contribution in [-0.4, -0.2) is 0 Å². The van der Waals surface area contributed by atoms with Crippen molar-refractivity contribution >= 4 is 0 Å². The SMILES string of the molecule is CCCC[CH]CC(C)CCCCCCCCCC. The van der Waals surface area contributed by atoms with Crippen molar-refractivity contribution in [3.8, 4) is 0 Å². The molecule has 1 unspecified atom stereocenters. The molecule has 0 aliphatic heterocycles. The lowest BCUT2D eigenvalue weighted by atomic mass is 9.96. The summed E-state index contributed by atoms with van der Waals surface area (Å²) in [6, 6.07) is 0.